The van der Waals surface area contributed by atoms with E-state index in [1.54, 1.807) is 0 Å². The van der Waals surface area contributed by atoms with Gasteiger partial charge in [0.1, 0.15) is 11.4 Å². The average molecular weight is 289 g/mol. The zero-order valence-corrected chi connectivity index (χ0v) is 15.1. The van der Waals surface area contributed by atoms with Gasteiger partial charge in [-0.3, -0.25) is 4.99 Å². The van der Waals surface area contributed by atoms with Crippen LogP contribution in [0.3, 0.4) is 0 Å². The number of aliphatic imine (C=N–C) groups is 1. The van der Waals surface area contributed by atoms with Crippen molar-refractivity contribution >= 4 is 11.9 Å². The molecule has 0 fully saturated rings. The Morgan fingerprint density at radius 1 is 0.857 bits per heavy atom. The van der Waals surface area contributed by atoms with Crippen molar-refractivity contribution in [2.75, 3.05) is 0 Å². The lowest BCUT2D eigenvalue weighted by molar-refractivity contribution is 0.446. The summed E-state index contributed by atoms with van der Waals surface area (Å²) in [6.45, 7) is 19.2. The molecule has 0 aliphatic rings. The van der Waals surface area contributed by atoms with Gasteiger partial charge in [0.25, 0.3) is 0 Å². The first-order valence-electron chi connectivity index (χ1n) is 7.65. The summed E-state index contributed by atoms with van der Waals surface area (Å²) < 4.78 is 0. The molecule has 21 heavy (non-hydrogen) atoms. The molecule has 1 aromatic rings. The van der Waals surface area contributed by atoms with Crippen molar-refractivity contribution in [3.05, 3.63) is 23.3 Å². The van der Waals surface area contributed by atoms with Crippen LogP contribution < -0.4 is 0 Å². The normalized spacial score (nSPS) is 14.0. The van der Waals surface area contributed by atoms with Crippen molar-refractivity contribution in [3.8, 4) is 5.75 Å². The predicted octanol–water partition coefficient (Wildman–Crippen LogP) is 5.74. The van der Waals surface area contributed by atoms with Gasteiger partial charge in [0.2, 0.25) is 0 Å². The average Bonchev–Trinajstić information content (AvgIpc) is 2.23. The molecule has 2 nitrogen and oxygen atoms in total. The van der Waals surface area contributed by atoms with Crippen LogP contribution in [0.25, 0.3) is 0 Å². The van der Waals surface area contributed by atoms with Gasteiger partial charge in [-0.05, 0) is 27.9 Å². The predicted molar refractivity (Wildman–Crippen MR) is 93.1 cm³/mol. The summed E-state index contributed by atoms with van der Waals surface area (Å²) in [6, 6.07) is 4.12. The topological polar surface area (TPSA) is 32.6 Å². The van der Waals surface area contributed by atoms with Gasteiger partial charge >= 0.3 is 0 Å². The Kier molecular flexibility index (Phi) is 4.62. The van der Waals surface area contributed by atoms with Gasteiger partial charge in [-0.1, -0.05) is 68.4 Å². The van der Waals surface area contributed by atoms with Gasteiger partial charge in [0, 0.05) is 11.8 Å². The lowest BCUT2D eigenvalue weighted by atomic mass is 9.80. The molecule has 1 N–H and O–H groups in total. The van der Waals surface area contributed by atoms with Crippen molar-refractivity contribution in [3.63, 3.8) is 0 Å². The third kappa shape index (κ3) is 4.87. The second-order valence-electron chi connectivity index (χ2n) is 9.02. The van der Waals surface area contributed by atoms with Crippen LogP contribution in [0, 0.1) is 5.41 Å². The van der Waals surface area contributed by atoms with E-state index in [0.29, 0.717) is 11.4 Å². The minimum atomic E-state index is -0.114. The van der Waals surface area contributed by atoms with E-state index in [2.05, 4.69) is 73.4 Å². The molecule has 0 aromatic heterocycles. The molecule has 0 aliphatic heterocycles. The Balaban J connectivity index is 3.53. The van der Waals surface area contributed by atoms with Crippen molar-refractivity contribution in [2.45, 2.75) is 73.1 Å². The van der Waals surface area contributed by atoms with Gasteiger partial charge in [0.15, 0.2) is 0 Å². The summed E-state index contributed by atoms with van der Waals surface area (Å²) in [5, 5.41) is 10.6. The van der Waals surface area contributed by atoms with Gasteiger partial charge in [-0.2, -0.15) is 0 Å². The van der Waals surface area contributed by atoms with E-state index in [1.165, 1.54) is 5.56 Å². The van der Waals surface area contributed by atoms with Crippen molar-refractivity contribution in [2.24, 2.45) is 10.4 Å². The first kappa shape index (κ1) is 17.7. The van der Waals surface area contributed by atoms with Gasteiger partial charge < -0.3 is 5.11 Å². The summed E-state index contributed by atoms with van der Waals surface area (Å²) in [5.41, 5.74) is 2.73. The molecule has 0 spiro atoms. The number of aromatic hydroxyl groups is 1. The number of hydrogen-bond donors (Lipinski definition) is 1. The summed E-state index contributed by atoms with van der Waals surface area (Å²) in [5.74, 6) is 0.302. The highest BCUT2D eigenvalue weighted by molar-refractivity contribution is 5.72. The molecule has 0 bridgehead atoms. The minimum Gasteiger partial charge on any atom is -0.505 e. The highest BCUT2D eigenvalue weighted by Crippen LogP contribution is 2.41. The van der Waals surface area contributed by atoms with Gasteiger partial charge in [-0.15, -0.1) is 0 Å². The second kappa shape index (κ2) is 5.47. The summed E-state index contributed by atoms with van der Waals surface area (Å²) in [7, 11) is 0. The lowest BCUT2D eigenvalue weighted by Crippen LogP contribution is -2.16. The fourth-order valence-corrected chi connectivity index (χ4v) is 1.99. The fourth-order valence-electron chi connectivity index (χ4n) is 1.99. The molecule has 0 heterocycles. The van der Waals surface area contributed by atoms with Crippen molar-refractivity contribution in [1.29, 1.82) is 0 Å². The zero-order chi connectivity index (χ0) is 16.6. The van der Waals surface area contributed by atoms with Crippen LogP contribution in [0.2, 0.25) is 0 Å². The number of hydrogen-bond acceptors (Lipinski definition) is 2. The molecule has 0 unspecified atom stereocenters. The Morgan fingerprint density at radius 2 is 1.38 bits per heavy atom. The number of phenols is 1. The molecule has 0 saturated carbocycles. The molecule has 0 amide bonds. The fraction of sp³-hybridized carbons (Fsp3) is 0.632. The molecule has 0 saturated heterocycles. The Hall–Kier alpha value is -1.31. The molecule has 0 atom stereocenters. The maximum Gasteiger partial charge on any atom is 0.144 e. The molecule has 2 heteroatoms. The van der Waals surface area contributed by atoms with Crippen LogP contribution in [-0.4, -0.2) is 11.3 Å². The van der Waals surface area contributed by atoms with Crippen LogP contribution in [0.15, 0.2) is 17.1 Å². The largest absolute Gasteiger partial charge is 0.505 e. The van der Waals surface area contributed by atoms with Crippen molar-refractivity contribution in [1.82, 2.24) is 0 Å². The van der Waals surface area contributed by atoms with E-state index in [9.17, 15) is 5.11 Å². The highest BCUT2D eigenvalue weighted by Gasteiger charge is 2.24. The second-order valence-corrected chi connectivity index (χ2v) is 9.02. The van der Waals surface area contributed by atoms with E-state index in [0.717, 1.165) is 5.56 Å². The third-order valence-electron chi connectivity index (χ3n) is 3.35. The maximum absolute atomic E-state index is 10.6. The Labute approximate surface area is 130 Å². The monoisotopic (exact) mass is 289 g/mol. The standard InChI is InChI=1S/C19H31NO/c1-17(2,3)12-20-15-11-13(18(4,5)6)10-14(16(15)21)19(7,8)9/h10-12,21H,1-9H3/b20-12-. The van der Waals surface area contributed by atoms with Crippen LogP contribution in [0.1, 0.15) is 73.4 Å². The quantitative estimate of drug-likeness (QED) is 0.657. The SMILES string of the molecule is CC(C)(C)/C=N\c1cc(C(C)(C)C)cc(C(C)(C)C)c1O. The van der Waals surface area contributed by atoms with Crippen LogP contribution in [0.4, 0.5) is 5.69 Å². The Morgan fingerprint density at radius 3 is 1.76 bits per heavy atom. The molecule has 118 valence electrons. The molecule has 1 rings (SSSR count). The molecular weight excluding hydrogens is 258 g/mol. The number of nitrogens with zero attached hydrogens (tertiary/aromatic N) is 1. The maximum atomic E-state index is 10.6. The lowest BCUT2D eigenvalue weighted by Gasteiger charge is -2.26. The van der Waals surface area contributed by atoms with E-state index in [4.69, 9.17) is 0 Å². The van der Waals surface area contributed by atoms with E-state index < -0.39 is 0 Å². The molecular formula is C19H31NO. The molecule has 0 radical (unpaired) electrons. The van der Waals surface area contributed by atoms with E-state index in [1.807, 2.05) is 12.3 Å². The van der Waals surface area contributed by atoms with Gasteiger partial charge in [-0.25, -0.2) is 0 Å². The Bertz CT molecular complexity index is 534. The van der Waals surface area contributed by atoms with Gasteiger partial charge in [0.05, 0.1) is 0 Å². The first-order chi connectivity index (χ1) is 9.22. The van der Waals surface area contributed by atoms with Crippen molar-refractivity contribution < 1.29 is 5.11 Å². The van der Waals surface area contributed by atoms with Crippen LogP contribution in [-0.2, 0) is 10.8 Å². The summed E-state index contributed by atoms with van der Waals surface area (Å²) >= 11 is 0. The molecule has 1 aromatic carbocycles. The van der Waals surface area contributed by atoms with Crippen LogP contribution >= 0.6 is 0 Å². The summed E-state index contributed by atoms with van der Waals surface area (Å²) in [4.78, 5) is 4.55. The number of rotatable bonds is 1. The third-order valence-corrected chi connectivity index (χ3v) is 3.35. The smallest absolute Gasteiger partial charge is 0.144 e. The number of phenolic OH excluding ortho intramolecular Hbond substituents is 1. The number of benzene rings is 1. The zero-order valence-electron chi connectivity index (χ0n) is 15.1. The van der Waals surface area contributed by atoms with Crippen LogP contribution in [0.5, 0.6) is 5.75 Å². The highest BCUT2D eigenvalue weighted by atomic mass is 16.3. The molecule has 0 aliphatic carbocycles. The van der Waals surface area contributed by atoms with E-state index >= 15 is 0 Å². The first-order valence-corrected chi connectivity index (χ1v) is 7.65. The minimum absolute atomic E-state index is 0.00786. The van der Waals surface area contributed by atoms with E-state index in [-0.39, 0.29) is 16.2 Å². The summed E-state index contributed by atoms with van der Waals surface area (Å²) in [6.07, 6.45) is 1.90.